The molecule has 11 atom stereocenters. The average Bonchev–Trinajstić information content (AvgIpc) is 3.99. The smallest absolute Gasteiger partial charge is 0.311 e. The van der Waals surface area contributed by atoms with Crippen molar-refractivity contribution >= 4 is 5.97 Å². The number of ether oxygens (including phenoxy) is 11. The van der Waals surface area contributed by atoms with Crippen LogP contribution in [-0.2, 0) is 56.9 Å². The van der Waals surface area contributed by atoms with Crippen LogP contribution in [0.15, 0.2) is 0 Å². The molecule has 3 aliphatic heterocycles. The lowest BCUT2D eigenvalue weighted by Crippen LogP contribution is -2.42. The minimum atomic E-state index is -1.04. The number of aliphatic hydroxyl groups excluding tert-OH is 1. The number of unbranched alkanes of at least 4 members (excludes halogenated alkanes) is 14. The highest BCUT2D eigenvalue weighted by atomic mass is 16.7. The molecule has 0 aliphatic carbocycles. The van der Waals surface area contributed by atoms with Gasteiger partial charge >= 0.3 is 5.97 Å². The number of methoxy groups -OCH3 is 4. The van der Waals surface area contributed by atoms with E-state index in [0.29, 0.717) is 19.8 Å². The van der Waals surface area contributed by atoms with Gasteiger partial charge in [-0.2, -0.15) is 0 Å². The number of hydrogen-bond donors (Lipinski definition) is 1. The van der Waals surface area contributed by atoms with E-state index in [2.05, 4.69) is 6.92 Å². The second kappa shape index (κ2) is 35.3. The lowest BCUT2D eigenvalue weighted by Gasteiger charge is -2.32. The van der Waals surface area contributed by atoms with Crippen molar-refractivity contribution in [1.29, 1.82) is 0 Å². The largest absolute Gasteiger partial charge is 0.469 e. The van der Waals surface area contributed by atoms with E-state index >= 15 is 0 Å². The second-order valence-electron chi connectivity index (χ2n) is 18.2. The molecule has 1 N–H and O–H groups in total. The van der Waals surface area contributed by atoms with E-state index in [-0.39, 0.29) is 62.6 Å². The summed E-state index contributed by atoms with van der Waals surface area (Å²) < 4.78 is 64.3. The van der Waals surface area contributed by atoms with E-state index in [4.69, 9.17) is 52.1 Å². The highest BCUT2D eigenvalue weighted by Crippen LogP contribution is 2.36. The summed E-state index contributed by atoms with van der Waals surface area (Å²) >= 11 is 0. The molecule has 3 unspecified atom stereocenters. The highest BCUT2D eigenvalue weighted by molar-refractivity contribution is 5.73. The van der Waals surface area contributed by atoms with Crippen molar-refractivity contribution in [3.05, 3.63) is 0 Å². The SMILES string of the molecule is CCCCCCCCCC[C@@H](OCOC)[C@H]1CC[C@H]([C@H]2CC[C@H]([C@H](CCCCCCCCCC[C@H](CC(C(=O)OC)C(O)[C@H](C)OC3CCCCO3)OCOC)OCOC)O2)O1. The molecule has 366 valence electrons. The predicted octanol–water partition coefficient (Wildman–Crippen LogP) is 9.95. The van der Waals surface area contributed by atoms with Gasteiger partial charge in [-0.1, -0.05) is 110 Å². The Morgan fingerprint density at radius 3 is 1.56 bits per heavy atom. The van der Waals surface area contributed by atoms with Gasteiger partial charge in [0.1, 0.15) is 20.4 Å². The third-order valence-corrected chi connectivity index (χ3v) is 13.2. The van der Waals surface area contributed by atoms with Crippen molar-refractivity contribution in [3.63, 3.8) is 0 Å². The van der Waals surface area contributed by atoms with Gasteiger partial charge in [0.05, 0.1) is 68.0 Å². The number of hydrogen-bond acceptors (Lipinski definition) is 13. The van der Waals surface area contributed by atoms with Gasteiger partial charge in [-0.3, -0.25) is 4.79 Å². The maximum absolute atomic E-state index is 12.8. The summed E-state index contributed by atoms with van der Waals surface area (Å²) in [5.74, 6) is -1.24. The quantitative estimate of drug-likeness (QED) is 0.0356. The summed E-state index contributed by atoms with van der Waals surface area (Å²) in [5.41, 5.74) is 0. The number of esters is 1. The topological polar surface area (TPSA) is 139 Å². The Morgan fingerprint density at radius 1 is 0.613 bits per heavy atom. The lowest BCUT2D eigenvalue weighted by atomic mass is 9.90. The average molecular weight is 889 g/mol. The Bertz CT molecular complexity index is 1060. The monoisotopic (exact) mass is 889 g/mol. The lowest BCUT2D eigenvalue weighted by molar-refractivity contribution is -0.211. The Labute approximate surface area is 376 Å². The van der Waals surface area contributed by atoms with Crippen LogP contribution in [0.2, 0.25) is 0 Å². The van der Waals surface area contributed by atoms with Crippen LogP contribution in [0.5, 0.6) is 0 Å². The molecule has 0 aromatic carbocycles. The molecule has 0 aromatic heterocycles. The van der Waals surface area contributed by atoms with Crippen LogP contribution in [0, 0.1) is 5.92 Å². The zero-order chi connectivity index (χ0) is 44.6. The third-order valence-electron chi connectivity index (χ3n) is 13.2. The Balaban J connectivity index is 1.32. The first-order chi connectivity index (χ1) is 30.3. The summed E-state index contributed by atoms with van der Waals surface area (Å²) in [7, 11) is 6.31. The summed E-state index contributed by atoms with van der Waals surface area (Å²) in [6, 6.07) is 0. The normalized spacial score (nSPS) is 24.8. The number of rotatable bonds is 39. The molecule has 3 fully saturated rings. The first kappa shape index (κ1) is 55.4. The van der Waals surface area contributed by atoms with Crippen LogP contribution >= 0.6 is 0 Å². The zero-order valence-electron chi connectivity index (χ0n) is 40.1. The molecular formula is C49H92O13. The minimum Gasteiger partial charge on any atom is -0.469 e. The van der Waals surface area contributed by atoms with E-state index < -0.39 is 24.1 Å². The number of carbonyl (C=O) groups excluding carboxylic acids is 1. The maximum Gasteiger partial charge on any atom is 0.311 e. The second-order valence-corrected chi connectivity index (χ2v) is 18.2. The molecule has 0 radical (unpaired) electrons. The molecule has 0 spiro atoms. The molecule has 3 aliphatic rings. The highest BCUT2D eigenvalue weighted by Gasteiger charge is 2.42. The molecule has 3 rings (SSSR count). The Kier molecular flexibility index (Phi) is 31.5. The molecular weight excluding hydrogens is 797 g/mol. The molecule has 3 heterocycles. The molecule has 0 aromatic rings. The van der Waals surface area contributed by atoms with Gasteiger partial charge < -0.3 is 57.2 Å². The summed E-state index contributed by atoms with van der Waals surface area (Å²) in [6.45, 7) is 5.41. The summed E-state index contributed by atoms with van der Waals surface area (Å²) in [6.07, 6.45) is 27.5. The zero-order valence-corrected chi connectivity index (χ0v) is 40.1. The Hall–Kier alpha value is -0.970. The fourth-order valence-corrected chi connectivity index (χ4v) is 9.50. The van der Waals surface area contributed by atoms with Crippen LogP contribution in [0.25, 0.3) is 0 Å². The van der Waals surface area contributed by atoms with Crippen molar-refractivity contribution < 1.29 is 62.0 Å². The number of carbonyl (C=O) groups is 1. The third kappa shape index (κ3) is 22.5. The van der Waals surface area contributed by atoms with Crippen LogP contribution in [-0.4, -0.2) is 128 Å². The van der Waals surface area contributed by atoms with Gasteiger partial charge in [0, 0.05) is 27.9 Å². The van der Waals surface area contributed by atoms with Crippen LogP contribution in [0.4, 0.5) is 0 Å². The van der Waals surface area contributed by atoms with E-state index in [1.54, 1.807) is 28.3 Å². The van der Waals surface area contributed by atoms with Crippen molar-refractivity contribution in [2.45, 2.75) is 248 Å². The first-order valence-electron chi connectivity index (χ1n) is 25.0. The van der Waals surface area contributed by atoms with Gasteiger partial charge in [-0.25, -0.2) is 0 Å². The molecule has 0 saturated carbocycles. The molecule has 13 heteroatoms. The van der Waals surface area contributed by atoms with Gasteiger partial charge in [0.25, 0.3) is 0 Å². The van der Waals surface area contributed by atoms with E-state index in [9.17, 15) is 9.90 Å². The fraction of sp³-hybridized carbons (Fsp3) is 0.980. The summed E-state index contributed by atoms with van der Waals surface area (Å²) in [5, 5.41) is 11.2. The van der Waals surface area contributed by atoms with E-state index in [1.165, 1.54) is 77.7 Å². The Morgan fingerprint density at radius 2 is 1.10 bits per heavy atom. The maximum atomic E-state index is 12.8. The van der Waals surface area contributed by atoms with Gasteiger partial charge in [-0.05, 0) is 77.6 Å². The van der Waals surface area contributed by atoms with Gasteiger partial charge in [0.15, 0.2) is 6.29 Å². The van der Waals surface area contributed by atoms with Crippen LogP contribution in [0.3, 0.4) is 0 Å². The van der Waals surface area contributed by atoms with Crippen molar-refractivity contribution in [3.8, 4) is 0 Å². The molecule has 0 bridgehead atoms. The van der Waals surface area contributed by atoms with Crippen molar-refractivity contribution in [2.75, 3.05) is 55.4 Å². The van der Waals surface area contributed by atoms with E-state index in [0.717, 1.165) is 96.3 Å². The van der Waals surface area contributed by atoms with Crippen LogP contribution < -0.4 is 0 Å². The van der Waals surface area contributed by atoms with E-state index in [1.807, 2.05) is 0 Å². The van der Waals surface area contributed by atoms with Gasteiger partial charge in [0.2, 0.25) is 0 Å². The van der Waals surface area contributed by atoms with Crippen LogP contribution in [0.1, 0.15) is 187 Å². The predicted molar refractivity (Wildman–Crippen MR) is 240 cm³/mol. The fourth-order valence-electron chi connectivity index (χ4n) is 9.50. The standard InChI is InChI=1S/C49H92O13/c1-7-8-9-10-11-15-18-21-26-41(58-36-53-4)43-29-31-45(61-43)46-32-30-44(62-46)42(59-37-54-5)27-22-19-16-13-12-14-17-20-25-39(57-35-52-3)34-40(49(51)55-6)48(50)38(2)60-47-28-23-24-33-56-47/h38-48,50H,7-37H2,1-6H3/t38-,39+,40?,41+,42-,43+,44+,45+,46+,47?,48?/m0/s1. The van der Waals surface area contributed by atoms with Crippen molar-refractivity contribution in [2.24, 2.45) is 5.92 Å². The van der Waals surface area contributed by atoms with Gasteiger partial charge in [-0.15, -0.1) is 0 Å². The molecule has 0 amide bonds. The minimum absolute atomic E-state index is 0.0201. The summed E-state index contributed by atoms with van der Waals surface area (Å²) in [4.78, 5) is 12.8. The molecule has 13 nitrogen and oxygen atoms in total. The van der Waals surface area contributed by atoms with Crippen molar-refractivity contribution in [1.82, 2.24) is 0 Å². The number of aliphatic hydroxyl groups is 1. The molecule has 3 saturated heterocycles. The first-order valence-corrected chi connectivity index (χ1v) is 25.0. The molecule has 62 heavy (non-hydrogen) atoms.